The molecule has 1 amide bonds. The minimum Gasteiger partial charge on any atom is -0.478 e. The standard InChI is InChI=1S/C19H20N6O3/c1-13-16(19(27)28)11-20-24(13)14-7-9-23(10-8-14)18(26)17-12-21-25(22-17)15-5-3-2-4-6-15/h2-6,11-12,14H,7-10H2,1H3,(H,27,28). The zero-order chi connectivity index (χ0) is 19.7. The number of carbonyl (C=O) groups excluding carboxylic acids is 1. The molecule has 1 fully saturated rings. The number of rotatable bonds is 4. The van der Waals surface area contributed by atoms with E-state index in [2.05, 4.69) is 15.3 Å². The topological polar surface area (TPSA) is 106 Å². The van der Waals surface area contributed by atoms with Crippen LogP contribution in [0.4, 0.5) is 0 Å². The molecule has 0 unspecified atom stereocenters. The molecule has 3 aromatic rings. The lowest BCUT2D eigenvalue weighted by Gasteiger charge is -2.32. The quantitative estimate of drug-likeness (QED) is 0.741. The molecule has 1 N–H and O–H groups in total. The summed E-state index contributed by atoms with van der Waals surface area (Å²) in [6, 6.07) is 9.51. The normalized spacial score (nSPS) is 15.0. The third kappa shape index (κ3) is 3.26. The molecule has 0 radical (unpaired) electrons. The van der Waals surface area contributed by atoms with E-state index in [1.54, 1.807) is 16.5 Å². The third-order valence-electron chi connectivity index (χ3n) is 5.07. The van der Waals surface area contributed by atoms with Gasteiger partial charge in [-0.3, -0.25) is 9.48 Å². The minimum atomic E-state index is -0.974. The van der Waals surface area contributed by atoms with Crippen LogP contribution in [0, 0.1) is 6.92 Å². The smallest absolute Gasteiger partial charge is 0.339 e. The molecule has 9 nitrogen and oxygen atoms in total. The first kappa shape index (κ1) is 17.9. The number of piperidine rings is 1. The minimum absolute atomic E-state index is 0.0807. The van der Waals surface area contributed by atoms with Crippen molar-refractivity contribution in [1.29, 1.82) is 0 Å². The third-order valence-corrected chi connectivity index (χ3v) is 5.07. The number of hydrogen-bond acceptors (Lipinski definition) is 5. The van der Waals surface area contributed by atoms with Gasteiger partial charge in [0.25, 0.3) is 5.91 Å². The fourth-order valence-electron chi connectivity index (χ4n) is 3.52. The predicted octanol–water partition coefficient (Wildman–Crippen LogP) is 1.95. The van der Waals surface area contributed by atoms with E-state index in [9.17, 15) is 14.7 Å². The molecule has 144 valence electrons. The van der Waals surface area contributed by atoms with Gasteiger partial charge >= 0.3 is 5.97 Å². The maximum absolute atomic E-state index is 12.8. The number of carboxylic acids is 1. The number of para-hydroxylation sites is 1. The number of likely N-dealkylation sites (tertiary alicyclic amines) is 1. The molecule has 1 saturated heterocycles. The van der Waals surface area contributed by atoms with Crippen LogP contribution in [0.2, 0.25) is 0 Å². The first-order valence-corrected chi connectivity index (χ1v) is 9.09. The average molecular weight is 380 g/mol. The molecule has 0 aliphatic carbocycles. The summed E-state index contributed by atoms with van der Waals surface area (Å²) in [5, 5.41) is 21.9. The van der Waals surface area contributed by atoms with Crippen LogP contribution < -0.4 is 0 Å². The molecule has 0 bridgehead atoms. The monoisotopic (exact) mass is 380 g/mol. The van der Waals surface area contributed by atoms with Crippen LogP contribution in [0.25, 0.3) is 5.69 Å². The first-order chi connectivity index (χ1) is 13.5. The van der Waals surface area contributed by atoms with Crippen molar-refractivity contribution in [2.24, 2.45) is 0 Å². The Morgan fingerprint density at radius 3 is 2.43 bits per heavy atom. The Morgan fingerprint density at radius 2 is 1.79 bits per heavy atom. The van der Waals surface area contributed by atoms with Gasteiger partial charge in [0, 0.05) is 13.1 Å². The van der Waals surface area contributed by atoms with E-state index in [-0.39, 0.29) is 17.5 Å². The van der Waals surface area contributed by atoms with Gasteiger partial charge in [-0.1, -0.05) is 18.2 Å². The summed E-state index contributed by atoms with van der Waals surface area (Å²) in [6.07, 6.45) is 4.29. The summed E-state index contributed by atoms with van der Waals surface area (Å²) in [5.41, 5.74) is 1.97. The number of aromatic carboxylic acids is 1. The predicted molar refractivity (Wildman–Crippen MR) is 99.5 cm³/mol. The van der Waals surface area contributed by atoms with Gasteiger partial charge in [-0.25, -0.2) is 4.79 Å². The van der Waals surface area contributed by atoms with Crippen molar-refractivity contribution in [3.8, 4) is 5.69 Å². The maximum atomic E-state index is 12.8. The van der Waals surface area contributed by atoms with Crippen LogP contribution in [0.3, 0.4) is 0 Å². The summed E-state index contributed by atoms with van der Waals surface area (Å²) >= 11 is 0. The highest BCUT2D eigenvalue weighted by atomic mass is 16.4. The summed E-state index contributed by atoms with van der Waals surface area (Å²) in [4.78, 5) is 27.2. The van der Waals surface area contributed by atoms with E-state index in [0.29, 0.717) is 37.3 Å². The molecule has 9 heteroatoms. The van der Waals surface area contributed by atoms with E-state index in [1.807, 2.05) is 30.3 Å². The van der Waals surface area contributed by atoms with Crippen molar-refractivity contribution >= 4 is 11.9 Å². The Hall–Kier alpha value is -3.49. The van der Waals surface area contributed by atoms with Crippen molar-refractivity contribution in [3.05, 3.63) is 59.7 Å². The fraction of sp³-hybridized carbons (Fsp3) is 0.316. The van der Waals surface area contributed by atoms with Crippen molar-refractivity contribution < 1.29 is 14.7 Å². The Morgan fingerprint density at radius 1 is 1.07 bits per heavy atom. The number of nitrogens with zero attached hydrogens (tertiary/aromatic N) is 6. The number of aromatic nitrogens is 5. The van der Waals surface area contributed by atoms with Crippen LogP contribution in [-0.4, -0.2) is 59.7 Å². The average Bonchev–Trinajstić information content (AvgIpc) is 3.35. The lowest BCUT2D eigenvalue weighted by atomic mass is 10.0. The fourth-order valence-corrected chi connectivity index (χ4v) is 3.52. The van der Waals surface area contributed by atoms with E-state index >= 15 is 0 Å². The second-order valence-corrected chi connectivity index (χ2v) is 6.77. The van der Waals surface area contributed by atoms with Crippen molar-refractivity contribution in [2.45, 2.75) is 25.8 Å². The van der Waals surface area contributed by atoms with Crippen molar-refractivity contribution in [2.75, 3.05) is 13.1 Å². The highest BCUT2D eigenvalue weighted by Crippen LogP contribution is 2.25. The van der Waals surface area contributed by atoms with Gasteiger partial charge in [-0.05, 0) is 31.9 Å². The van der Waals surface area contributed by atoms with Gasteiger partial charge in [-0.15, -0.1) is 5.10 Å². The van der Waals surface area contributed by atoms with Gasteiger partial charge in [-0.2, -0.15) is 15.0 Å². The number of hydrogen-bond donors (Lipinski definition) is 1. The Balaban J connectivity index is 1.42. The molecule has 2 aromatic heterocycles. The number of carbonyl (C=O) groups is 2. The van der Waals surface area contributed by atoms with Crippen molar-refractivity contribution in [3.63, 3.8) is 0 Å². The number of benzene rings is 1. The van der Waals surface area contributed by atoms with Gasteiger partial charge < -0.3 is 10.0 Å². The zero-order valence-corrected chi connectivity index (χ0v) is 15.4. The van der Waals surface area contributed by atoms with Gasteiger partial charge in [0.05, 0.1) is 29.8 Å². The highest BCUT2D eigenvalue weighted by molar-refractivity contribution is 5.92. The molecule has 0 atom stereocenters. The van der Waals surface area contributed by atoms with Crippen LogP contribution in [0.5, 0.6) is 0 Å². The molecule has 28 heavy (non-hydrogen) atoms. The summed E-state index contributed by atoms with van der Waals surface area (Å²) in [6.45, 7) is 2.88. The van der Waals surface area contributed by atoms with E-state index in [0.717, 1.165) is 5.69 Å². The SMILES string of the molecule is Cc1c(C(=O)O)cnn1C1CCN(C(=O)c2cnn(-c3ccccc3)n2)CC1. The van der Waals surface area contributed by atoms with Crippen molar-refractivity contribution in [1.82, 2.24) is 29.7 Å². The van der Waals surface area contributed by atoms with E-state index in [4.69, 9.17) is 0 Å². The molecule has 4 rings (SSSR count). The van der Waals surface area contributed by atoms with E-state index in [1.165, 1.54) is 17.2 Å². The van der Waals surface area contributed by atoms with Crippen LogP contribution in [0.1, 0.15) is 45.4 Å². The Labute approximate surface area is 161 Å². The maximum Gasteiger partial charge on any atom is 0.339 e. The highest BCUT2D eigenvalue weighted by Gasteiger charge is 2.28. The second-order valence-electron chi connectivity index (χ2n) is 6.77. The molecular formula is C19H20N6O3. The summed E-state index contributed by atoms with van der Waals surface area (Å²) in [5.74, 6) is -1.12. The lowest BCUT2D eigenvalue weighted by molar-refractivity contribution is 0.0682. The van der Waals surface area contributed by atoms with E-state index < -0.39 is 5.97 Å². The summed E-state index contributed by atoms with van der Waals surface area (Å²) in [7, 11) is 0. The molecule has 3 heterocycles. The molecule has 1 aliphatic heterocycles. The number of amides is 1. The van der Waals surface area contributed by atoms with Crippen LogP contribution in [-0.2, 0) is 0 Å². The lowest BCUT2D eigenvalue weighted by Crippen LogP contribution is -2.39. The van der Waals surface area contributed by atoms with Gasteiger partial charge in [0.15, 0.2) is 5.69 Å². The second kappa shape index (κ2) is 7.26. The largest absolute Gasteiger partial charge is 0.478 e. The Kier molecular flexibility index (Phi) is 4.64. The molecule has 0 spiro atoms. The summed E-state index contributed by atoms with van der Waals surface area (Å²) < 4.78 is 1.76. The molecule has 1 aliphatic rings. The van der Waals surface area contributed by atoms with Crippen LogP contribution in [0.15, 0.2) is 42.7 Å². The molecule has 1 aromatic carbocycles. The van der Waals surface area contributed by atoms with Gasteiger partial charge in [0.2, 0.25) is 0 Å². The zero-order valence-electron chi connectivity index (χ0n) is 15.4. The number of carboxylic acid groups (broad SMARTS) is 1. The van der Waals surface area contributed by atoms with Gasteiger partial charge in [0.1, 0.15) is 5.56 Å². The molecule has 0 saturated carbocycles. The van der Waals surface area contributed by atoms with Crippen LogP contribution >= 0.6 is 0 Å². The molecular weight excluding hydrogens is 360 g/mol. The first-order valence-electron chi connectivity index (χ1n) is 9.09. The Bertz CT molecular complexity index is 1000.